The third-order valence-electron chi connectivity index (χ3n) is 3.63. The van der Waals surface area contributed by atoms with Crippen LogP contribution in [-0.4, -0.2) is 16.6 Å². The van der Waals surface area contributed by atoms with Crippen molar-refractivity contribution in [3.05, 3.63) is 35.6 Å². The van der Waals surface area contributed by atoms with Gasteiger partial charge < -0.3 is 0 Å². The molecule has 2 aliphatic rings. The van der Waals surface area contributed by atoms with Crippen molar-refractivity contribution in [2.24, 2.45) is 11.0 Å². The van der Waals surface area contributed by atoms with Crippen molar-refractivity contribution in [1.82, 2.24) is 5.01 Å². The second kappa shape index (κ2) is 4.52. The lowest BCUT2D eigenvalue weighted by Crippen LogP contribution is -2.28. The highest BCUT2D eigenvalue weighted by Crippen LogP contribution is 2.29. The summed E-state index contributed by atoms with van der Waals surface area (Å²) in [7, 11) is 0. The first-order valence-electron chi connectivity index (χ1n) is 6.37. The molecular weight excluding hydrogens is 231 g/mol. The van der Waals surface area contributed by atoms with Gasteiger partial charge in [-0.05, 0) is 37.0 Å². The minimum absolute atomic E-state index is 0.0131. The average molecular weight is 246 g/mol. The third-order valence-corrected chi connectivity index (χ3v) is 3.63. The number of hydrazone groups is 1. The molecule has 1 atom stereocenters. The lowest BCUT2D eigenvalue weighted by atomic mass is 9.87. The van der Waals surface area contributed by atoms with Gasteiger partial charge in [0.2, 0.25) is 0 Å². The first-order valence-corrected chi connectivity index (χ1v) is 6.37. The molecule has 3 nitrogen and oxygen atoms in total. The van der Waals surface area contributed by atoms with Crippen LogP contribution in [0.25, 0.3) is 0 Å². The van der Waals surface area contributed by atoms with E-state index >= 15 is 0 Å². The van der Waals surface area contributed by atoms with E-state index in [9.17, 15) is 9.18 Å². The lowest BCUT2D eigenvalue weighted by molar-refractivity contribution is -0.132. The SMILES string of the molecule is O=C1C2CCCCC2=NN1Cc1ccc(F)cc1. The largest absolute Gasteiger partial charge is 0.272 e. The number of benzene rings is 1. The summed E-state index contributed by atoms with van der Waals surface area (Å²) in [5, 5.41) is 5.96. The average Bonchev–Trinajstić information content (AvgIpc) is 2.70. The van der Waals surface area contributed by atoms with Crippen LogP contribution < -0.4 is 0 Å². The van der Waals surface area contributed by atoms with E-state index in [1.807, 2.05) is 0 Å². The van der Waals surface area contributed by atoms with Crippen LogP contribution in [0.4, 0.5) is 4.39 Å². The molecular formula is C14H15FN2O. The molecule has 4 heteroatoms. The number of halogens is 1. The third kappa shape index (κ3) is 2.03. The van der Waals surface area contributed by atoms with E-state index in [-0.39, 0.29) is 17.6 Å². The van der Waals surface area contributed by atoms with Gasteiger partial charge in [0.25, 0.3) is 5.91 Å². The Morgan fingerprint density at radius 2 is 2.06 bits per heavy atom. The van der Waals surface area contributed by atoms with Crippen molar-refractivity contribution in [2.45, 2.75) is 32.2 Å². The number of nitrogens with zero attached hydrogens (tertiary/aromatic N) is 2. The van der Waals surface area contributed by atoms with Gasteiger partial charge in [-0.3, -0.25) is 4.79 Å². The maximum Gasteiger partial charge on any atom is 0.251 e. The number of hydrogen-bond donors (Lipinski definition) is 0. The van der Waals surface area contributed by atoms with Gasteiger partial charge in [0.15, 0.2) is 0 Å². The molecule has 0 aromatic heterocycles. The van der Waals surface area contributed by atoms with Gasteiger partial charge >= 0.3 is 0 Å². The zero-order chi connectivity index (χ0) is 12.5. The van der Waals surface area contributed by atoms with Gasteiger partial charge in [-0.15, -0.1) is 0 Å². The summed E-state index contributed by atoms with van der Waals surface area (Å²) < 4.78 is 12.8. The molecule has 0 N–H and O–H groups in total. The van der Waals surface area contributed by atoms with Crippen LogP contribution >= 0.6 is 0 Å². The Kier molecular flexibility index (Phi) is 2.86. The van der Waals surface area contributed by atoms with E-state index in [1.165, 1.54) is 12.1 Å². The molecule has 0 spiro atoms. The van der Waals surface area contributed by atoms with E-state index in [2.05, 4.69) is 5.10 Å². The highest BCUT2D eigenvalue weighted by molar-refractivity contribution is 6.08. The molecule has 0 bridgehead atoms. The molecule has 0 radical (unpaired) electrons. The maximum absolute atomic E-state index is 12.8. The van der Waals surface area contributed by atoms with Crippen molar-refractivity contribution < 1.29 is 9.18 Å². The first kappa shape index (κ1) is 11.4. The normalized spacial score (nSPS) is 22.9. The van der Waals surface area contributed by atoms with Crippen LogP contribution in [0.3, 0.4) is 0 Å². The van der Waals surface area contributed by atoms with Gasteiger partial charge in [0.1, 0.15) is 5.82 Å². The van der Waals surface area contributed by atoms with Crippen molar-refractivity contribution in [1.29, 1.82) is 0 Å². The summed E-state index contributed by atoms with van der Waals surface area (Å²) in [4.78, 5) is 12.1. The molecule has 3 rings (SSSR count). The Bertz CT molecular complexity index is 495. The summed E-state index contributed by atoms with van der Waals surface area (Å²) in [6.07, 6.45) is 4.11. The molecule has 1 aromatic carbocycles. The number of hydrogen-bond acceptors (Lipinski definition) is 2. The standard InChI is InChI=1S/C14H15FN2O/c15-11-7-5-10(6-8-11)9-17-14(18)12-3-1-2-4-13(12)16-17/h5-8,12H,1-4,9H2. The predicted octanol–water partition coefficient (Wildman–Crippen LogP) is 2.71. The number of carbonyl (C=O) groups is 1. The lowest BCUT2D eigenvalue weighted by Gasteiger charge is -2.17. The molecule has 1 aliphatic carbocycles. The summed E-state index contributed by atoms with van der Waals surface area (Å²) >= 11 is 0. The van der Waals surface area contributed by atoms with Gasteiger partial charge in [-0.1, -0.05) is 18.6 Å². The molecule has 1 aromatic rings. The molecule has 18 heavy (non-hydrogen) atoms. The van der Waals surface area contributed by atoms with Crippen LogP contribution in [0.2, 0.25) is 0 Å². The summed E-state index contributed by atoms with van der Waals surface area (Å²) in [5.41, 5.74) is 1.95. The molecule has 1 heterocycles. The van der Waals surface area contributed by atoms with Gasteiger partial charge in [-0.25, -0.2) is 9.40 Å². The Morgan fingerprint density at radius 3 is 2.78 bits per heavy atom. The molecule has 1 unspecified atom stereocenters. The Hall–Kier alpha value is -1.71. The second-order valence-corrected chi connectivity index (χ2v) is 4.91. The zero-order valence-electron chi connectivity index (χ0n) is 10.1. The fourth-order valence-corrected chi connectivity index (χ4v) is 2.64. The molecule has 1 amide bonds. The Balaban J connectivity index is 1.75. The van der Waals surface area contributed by atoms with Gasteiger partial charge in [0.05, 0.1) is 18.2 Å². The van der Waals surface area contributed by atoms with Crippen LogP contribution in [0.1, 0.15) is 31.2 Å². The smallest absolute Gasteiger partial charge is 0.251 e. The highest BCUT2D eigenvalue weighted by Gasteiger charge is 2.36. The Morgan fingerprint density at radius 1 is 1.28 bits per heavy atom. The monoisotopic (exact) mass is 246 g/mol. The van der Waals surface area contributed by atoms with Crippen LogP contribution in [0, 0.1) is 11.7 Å². The van der Waals surface area contributed by atoms with Crippen LogP contribution in [-0.2, 0) is 11.3 Å². The maximum atomic E-state index is 12.8. The topological polar surface area (TPSA) is 32.7 Å². The van der Waals surface area contributed by atoms with E-state index in [0.717, 1.165) is 37.0 Å². The zero-order valence-corrected chi connectivity index (χ0v) is 10.1. The number of fused-ring (bicyclic) bond motifs is 1. The first-order chi connectivity index (χ1) is 8.74. The van der Waals surface area contributed by atoms with E-state index in [0.29, 0.717) is 6.54 Å². The van der Waals surface area contributed by atoms with Crippen LogP contribution in [0.5, 0.6) is 0 Å². The van der Waals surface area contributed by atoms with Crippen molar-refractivity contribution in [3.8, 4) is 0 Å². The highest BCUT2D eigenvalue weighted by atomic mass is 19.1. The minimum Gasteiger partial charge on any atom is -0.272 e. The van der Waals surface area contributed by atoms with E-state index in [4.69, 9.17) is 0 Å². The predicted molar refractivity (Wildman–Crippen MR) is 66.3 cm³/mol. The molecule has 1 saturated carbocycles. The molecule has 94 valence electrons. The summed E-state index contributed by atoms with van der Waals surface area (Å²) in [5.74, 6) is -0.139. The fourth-order valence-electron chi connectivity index (χ4n) is 2.64. The number of amides is 1. The minimum atomic E-state index is -0.258. The second-order valence-electron chi connectivity index (χ2n) is 4.91. The van der Waals surface area contributed by atoms with Crippen molar-refractivity contribution >= 4 is 11.6 Å². The van der Waals surface area contributed by atoms with Crippen molar-refractivity contribution in [3.63, 3.8) is 0 Å². The Labute approximate surface area is 105 Å². The summed E-state index contributed by atoms with van der Waals surface area (Å²) in [6, 6.07) is 6.22. The van der Waals surface area contributed by atoms with Gasteiger partial charge in [-0.2, -0.15) is 5.10 Å². The molecule has 1 aliphatic heterocycles. The quantitative estimate of drug-likeness (QED) is 0.789. The van der Waals surface area contributed by atoms with Crippen LogP contribution in [0.15, 0.2) is 29.4 Å². The summed E-state index contributed by atoms with van der Waals surface area (Å²) in [6.45, 7) is 0.444. The number of carbonyl (C=O) groups excluding carboxylic acids is 1. The molecule has 0 saturated heterocycles. The van der Waals surface area contributed by atoms with E-state index < -0.39 is 0 Å². The van der Waals surface area contributed by atoms with Gasteiger partial charge in [0, 0.05) is 0 Å². The molecule has 1 fully saturated rings. The van der Waals surface area contributed by atoms with Crippen molar-refractivity contribution in [2.75, 3.05) is 0 Å². The fraction of sp³-hybridized carbons (Fsp3) is 0.429. The number of rotatable bonds is 2. The van der Waals surface area contributed by atoms with E-state index in [1.54, 1.807) is 17.1 Å².